The van der Waals surface area contributed by atoms with Gasteiger partial charge in [0.05, 0.1) is 11.4 Å². The molecule has 0 radical (unpaired) electrons. The molecule has 4 rings (SSSR count). The number of aromatic nitrogens is 2. The maximum atomic E-state index is 9.72. The fourth-order valence-corrected chi connectivity index (χ4v) is 5.42. The smallest absolute Gasteiger partial charge is 0.159 e. The van der Waals surface area contributed by atoms with E-state index in [-0.39, 0.29) is 0 Å². The third kappa shape index (κ3) is 5.46. The molecule has 0 amide bonds. The quantitative estimate of drug-likeness (QED) is 0.590. The summed E-state index contributed by atoms with van der Waals surface area (Å²) in [5.41, 5.74) is 5.00. The van der Waals surface area contributed by atoms with E-state index in [1.807, 2.05) is 12.1 Å². The Bertz CT molecular complexity index is 838. The van der Waals surface area contributed by atoms with E-state index in [2.05, 4.69) is 18.7 Å². The number of nitrogens with zero attached hydrogens (tertiary/aromatic N) is 3. The Hall–Kier alpha value is -1.94. The molecule has 2 aliphatic rings. The lowest BCUT2D eigenvalue weighted by atomic mass is 9.88. The predicted octanol–water partition coefficient (Wildman–Crippen LogP) is 6.61. The molecule has 0 saturated heterocycles. The maximum Gasteiger partial charge on any atom is 0.159 e. The topological polar surface area (TPSA) is 49.2 Å². The van der Waals surface area contributed by atoms with Crippen molar-refractivity contribution in [1.29, 1.82) is 0 Å². The Kier molecular flexibility index (Phi) is 7.60. The Morgan fingerprint density at radius 3 is 2.35 bits per heavy atom. The summed E-state index contributed by atoms with van der Waals surface area (Å²) in [6.45, 7) is 6.74. The van der Waals surface area contributed by atoms with Gasteiger partial charge in [0.25, 0.3) is 0 Å². The highest BCUT2D eigenvalue weighted by Crippen LogP contribution is 2.36. The first-order valence-electron chi connectivity index (χ1n) is 12.6. The van der Waals surface area contributed by atoms with E-state index < -0.39 is 0 Å². The number of phenols is 1. The van der Waals surface area contributed by atoms with E-state index in [1.165, 1.54) is 81.2 Å². The van der Waals surface area contributed by atoms with Crippen molar-refractivity contribution in [3.63, 3.8) is 0 Å². The fourth-order valence-electron chi connectivity index (χ4n) is 5.42. The molecule has 1 aliphatic heterocycles. The second kappa shape index (κ2) is 10.6. The predicted molar refractivity (Wildman–Crippen MR) is 127 cm³/mol. The first-order chi connectivity index (χ1) is 15.2. The summed E-state index contributed by atoms with van der Waals surface area (Å²) >= 11 is 0. The average molecular weight is 422 g/mol. The van der Waals surface area contributed by atoms with Gasteiger partial charge in [-0.2, -0.15) is 0 Å². The molecule has 2 heterocycles. The monoisotopic (exact) mass is 421 g/mol. The number of phenolic OH excluding ortho intramolecular Hbond substituents is 1. The van der Waals surface area contributed by atoms with Crippen LogP contribution in [0.2, 0.25) is 0 Å². The number of aromatic hydroxyl groups is 1. The van der Waals surface area contributed by atoms with Crippen LogP contribution in [-0.2, 0) is 13.0 Å². The molecule has 4 nitrogen and oxygen atoms in total. The third-order valence-electron chi connectivity index (χ3n) is 7.32. The van der Waals surface area contributed by atoms with Gasteiger partial charge >= 0.3 is 0 Å². The van der Waals surface area contributed by atoms with Gasteiger partial charge < -0.3 is 5.11 Å². The van der Waals surface area contributed by atoms with Gasteiger partial charge in [-0.1, -0.05) is 51.9 Å². The lowest BCUT2D eigenvalue weighted by molar-refractivity contribution is 0.178. The van der Waals surface area contributed by atoms with Crippen molar-refractivity contribution in [1.82, 2.24) is 14.9 Å². The van der Waals surface area contributed by atoms with Crippen molar-refractivity contribution >= 4 is 0 Å². The van der Waals surface area contributed by atoms with E-state index >= 15 is 0 Å². The molecular weight excluding hydrogens is 382 g/mol. The first kappa shape index (κ1) is 22.3. The molecule has 1 N–H and O–H groups in total. The molecule has 31 heavy (non-hydrogen) atoms. The van der Waals surface area contributed by atoms with Gasteiger partial charge in [0.15, 0.2) is 5.82 Å². The summed E-state index contributed by atoms with van der Waals surface area (Å²) in [5.74, 6) is 1.68. The lowest BCUT2D eigenvalue weighted by Crippen LogP contribution is -2.39. The van der Waals surface area contributed by atoms with Gasteiger partial charge in [-0.25, -0.2) is 9.97 Å². The van der Waals surface area contributed by atoms with Gasteiger partial charge in [0.2, 0.25) is 0 Å². The van der Waals surface area contributed by atoms with Crippen LogP contribution in [0.5, 0.6) is 5.75 Å². The van der Waals surface area contributed by atoms with Gasteiger partial charge in [-0.05, 0) is 50.5 Å². The molecule has 1 saturated carbocycles. The number of fused-ring (bicyclic) bond motifs is 1. The fraction of sp³-hybridized carbons (Fsp3) is 0.630. The zero-order valence-corrected chi connectivity index (χ0v) is 19.4. The van der Waals surface area contributed by atoms with E-state index in [0.717, 1.165) is 30.9 Å². The van der Waals surface area contributed by atoms with Crippen molar-refractivity contribution in [2.75, 3.05) is 6.54 Å². The minimum absolute atomic E-state index is 0.291. The molecule has 1 unspecified atom stereocenters. The summed E-state index contributed by atoms with van der Waals surface area (Å²) in [5, 5.41) is 9.72. The van der Waals surface area contributed by atoms with Crippen LogP contribution in [-0.4, -0.2) is 32.6 Å². The summed E-state index contributed by atoms with van der Waals surface area (Å²) in [7, 11) is 0. The highest BCUT2D eigenvalue weighted by atomic mass is 16.3. The number of hydrogen-bond donors (Lipinski definition) is 1. The normalized spacial score (nSPS) is 19.8. The summed E-state index contributed by atoms with van der Waals surface area (Å²) in [6, 6.07) is 7.99. The van der Waals surface area contributed by atoms with E-state index in [1.54, 1.807) is 12.1 Å². The van der Waals surface area contributed by atoms with Crippen molar-refractivity contribution in [2.45, 2.75) is 103 Å². The number of benzene rings is 1. The van der Waals surface area contributed by atoms with Crippen LogP contribution in [0.1, 0.15) is 101 Å². The minimum Gasteiger partial charge on any atom is -0.508 e. The second-order valence-corrected chi connectivity index (χ2v) is 9.66. The van der Waals surface area contributed by atoms with E-state index in [4.69, 9.17) is 9.97 Å². The molecule has 1 aromatic carbocycles. The Balaban J connectivity index is 1.72. The molecule has 1 aromatic heterocycles. The molecule has 0 bridgehead atoms. The largest absolute Gasteiger partial charge is 0.508 e. The molecular formula is C27H39N3O. The minimum atomic E-state index is 0.291. The average Bonchev–Trinajstić information content (AvgIpc) is 2.93. The van der Waals surface area contributed by atoms with E-state index in [0.29, 0.717) is 17.7 Å². The molecule has 1 fully saturated rings. The first-order valence-corrected chi connectivity index (χ1v) is 12.6. The van der Waals surface area contributed by atoms with Crippen LogP contribution in [0.25, 0.3) is 11.4 Å². The van der Waals surface area contributed by atoms with Crippen molar-refractivity contribution in [3.8, 4) is 17.1 Å². The SMILES string of the molecule is CCCC(C)N1CCc2nc(-c3ccc(O)cc3)nc(C3CCCCCCCC3)c2C1. The molecule has 0 spiro atoms. The van der Waals surface area contributed by atoms with Crippen LogP contribution < -0.4 is 0 Å². The summed E-state index contributed by atoms with van der Waals surface area (Å²) in [4.78, 5) is 12.9. The summed E-state index contributed by atoms with van der Waals surface area (Å²) in [6.07, 6.45) is 14.1. The van der Waals surface area contributed by atoms with Crippen LogP contribution in [0, 0.1) is 0 Å². The molecule has 1 aliphatic carbocycles. The molecule has 1 atom stereocenters. The highest BCUT2D eigenvalue weighted by Gasteiger charge is 2.28. The highest BCUT2D eigenvalue weighted by molar-refractivity contribution is 5.57. The summed E-state index contributed by atoms with van der Waals surface area (Å²) < 4.78 is 0. The number of rotatable bonds is 5. The van der Waals surface area contributed by atoms with Crippen LogP contribution in [0.3, 0.4) is 0 Å². The standard InChI is InChI=1S/C27H39N3O/c1-3-10-20(2)30-18-17-25-24(19-30)26(21-11-8-6-4-5-7-9-12-21)29-27(28-25)22-13-15-23(31)16-14-22/h13-16,20-21,31H,3-12,17-19H2,1-2H3. The third-order valence-corrected chi connectivity index (χ3v) is 7.32. The van der Waals surface area contributed by atoms with Crippen LogP contribution >= 0.6 is 0 Å². The molecule has 4 heteroatoms. The van der Waals surface area contributed by atoms with Gasteiger partial charge in [-0.15, -0.1) is 0 Å². The second-order valence-electron chi connectivity index (χ2n) is 9.66. The Morgan fingerprint density at radius 2 is 1.68 bits per heavy atom. The van der Waals surface area contributed by atoms with Crippen LogP contribution in [0.15, 0.2) is 24.3 Å². The van der Waals surface area contributed by atoms with Crippen molar-refractivity contribution < 1.29 is 5.11 Å². The molecule has 2 aromatic rings. The van der Waals surface area contributed by atoms with Gasteiger partial charge in [0.1, 0.15) is 5.75 Å². The van der Waals surface area contributed by atoms with Crippen LogP contribution in [0.4, 0.5) is 0 Å². The van der Waals surface area contributed by atoms with Gasteiger partial charge in [-0.3, -0.25) is 4.90 Å². The van der Waals surface area contributed by atoms with Crippen molar-refractivity contribution in [3.05, 3.63) is 41.2 Å². The zero-order valence-electron chi connectivity index (χ0n) is 19.4. The Labute approximate surface area is 188 Å². The maximum absolute atomic E-state index is 9.72. The Morgan fingerprint density at radius 1 is 1.00 bits per heavy atom. The number of hydrogen-bond acceptors (Lipinski definition) is 4. The lowest BCUT2D eigenvalue weighted by Gasteiger charge is -2.35. The molecule has 168 valence electrons. The van der Waals surface area contributed by atoms with E-state index in [9.17, 15) is 5.11 Å². The van der Waals surface area contributed by atoms with Gasteiger partial charge in [0, 0.05) is 42.6 Å². The zero-order chi connectivity index (χ0) is 21.6. The van der Waals surface area contributed by atoms with Crippen molar-refractivity contribution in [2.24, 2.45) is 0 Å².